The summed E-state index contributed by atoms with van der Waals surface area (Å²) in [5.74, 6) is 5.69. The van der Waals surface area contributed by atoms with Crippen LogP contribution in [0.5, 0.6) is 0 Å². The second-order valence-electron chi connectivity index (χ2n) is 20.9. The predicted octanol–water partition coefficient (Wildman–Crippen LogP) is 14.4. The van der Waals surface area contributed by atoms with Crippen LogP contribution in [-0.4, -0.2) is 0 Å². The van der Waals surface area contributed by atoms with Gasteiger partial charge in [0.15, 0.2) is 0 Å². The van der Waals surface area contributed by atoms with Crippen molar-refractivity contribution in [1.29, 1.82) is 0 Å². The van der Waals surface area contributed by atoms with Gasteiger partial charge in [0.2, 0.25) is 0 Å². The second kappa shape index (κ2) is 11.7. The van der Waals surface area contributed by atoms with Gasteiger partial charge in [-0.2, -0.15) is 0 Å². The van der Waals surface area contributed by atoms with Crippen LogP contribution >= 0.6 is 0 Å². The molecule has 1 spiro atoms. The summed E-state index contributed by atoms with van der Waals surface area (Å²) in [6.45, 7) is 0. The van der Waals surface area contributed by atoms with E-state index in [0.29, 0.717) is 10.8 Å². The number of anilines is 3. The molecular weight excluding hydrogens is 699 g/mol. The molecule has 0 aliphatic heterocycles. The maximum atomic E-state index is 2.59. The van der Waals surface area contributed by atoms with Crippen LogP contribution in [0.3, 0.4) is 0 Å². The van der Waals surface area contributed by atoms with Gasteiger partial charge in [0.1, 0.15) is 0 Å². The maximum Gasteiger partial charge on any atom is 0.0726 e. The number of rotatable bonds is 5. The summed E-state index contributed by atoms with van der Waals surface area (Å²) in [7, 11) is 0. The van der Waals surface area contributed by atoms with Gasteiger partial charge in [-0.15, -0.1) is 0 Å². The van der Waals surface area contributed by atoms with Gasteiger partial charge in [-0.05, 0) is 215 Å². The Bertz CT molecular complexity index is 2420. The largest absolute Gasteiger partial charge is 0.310 e. The molecule has 0 heterocycles. The lowest BCUT2D eigenvalue weighted by Crippen LogP contribution is -2.48. The molecule has 16 rings (SSSR count). The van der Waals surface area contributed by atoms with E-state index in [-0.39, 0.29) is 5.41 Å². The molecule has 286 valence electrons. The molecule has 0 aromatic heterocycles. The molecule has 10 aliphatic carbocycles. The molecule has 8 bridgehead atoms. The highest BCUT2D eigenvalue weighted by molar-refractivity contribution is 5.96. The minimum absolute atomic E-state index is 0.356. The zero-order valence-corrected chi connectivity index (χ0v) is 33.7. The number of hydrogen-bond acceptors (Lipinski definition) is 1. The van der Waals surface area contributed by atoms with Gasteiger partial charge in [0.05, 0.1) is 5.41 Å². The van der Waals surface area contributed by atoms with Crippen LogP contribution in [0.4, 0.5) is 17.1 Å². The average molecular weight is 752 g/mol. The van der Waals surface area contributed by atoms with E-state index in [0.717, 1.165) is 35.5 Å². The van der Waals surface area contributed by atoms with Crippen molar-refractivity contribution in [2.24, 2.45) is 35.5 Å². The molecule has 1 nitrogen and oxygen atoms in total. The Hall–Kier alpha value is -4.88. The molecule has 1 heteroatoms. The van der Waals surface area contributed by atoms with Crippen LogP contribution in [-0.2, 0) is 16.2 Å². The number of fused-ring (bicyclic) bond motifs is 10. The Labute approximate surface area is 344 Å². The Balaban J connectivity index is 0.930. The highest BCUT2D eigenvalue weighted by Gasteiger charge is 2.54. The topological polar surface area (TPSA) is 3.24 Å². The van der Waals surface area contributed by atoms with E-state index in [1.807, 2.05) is 0 Å². The van der Waals surface area contributed by atoms with Crippen molar-refractivity contribution in [3.63, 3.8) is 0 Å². The maximum absolute atomic E-state index is 2.59. The summed E-state index contributed by atoms with van der Waals surface area (Å²) >= 11 is 0. The van der Waals surface area contributed by atoms with Crippen molar-refractivity contribution >= 4 is 17.1 Å². The molecule has 0 amide bonds. The summed E-state index contributed by atoms with van der Waals surface area (Å²) in [5, 5.41) is 0. The van der Waals surface area contributed by atoms with Crippen LogP contribution in [0.2, 0.25) is 0 Å². The summed E-state index contributed by atoms with van der Waals surface area (Å²) < 4.78 is 0. The highest BCUT2D eigenvalue weighted by atomic mass is 15.1. The number of benzene rings is 6. The Morgan fingerprint density at radius 3 is 1.03 bits per heavy atom. The van der Waals surface area contributed by atoms with Gasteiger partial charge < -0.3 is 4.90 Å². The van der Waals surface area contributed by atoms with Crippen LogP contribution < -0.4 is 4.90 Å². The van der Waals surface area contributed by atoms with Crippen LogP contribution in [0.25, 0.3) is 22.3 Å². The van der Waals surface area contributed by atoms with Crippen molar-refractivity contribution in [3.8, 4) is 22.3 Å². The van der Waals surface area contributed by atoms with E-state index >= 15 is 0 Å². The van der Waals surface area contributed by atoms with Crippen molar-refractivity contribution in [2.45, 2.75) is 93.3 Å². The van der Waals surface area contributed by atoms with E-state index in [9.17, 15) is 0 Å². The Morgan fingerprint density at radius 1 is 0.328 bits per heavy atom. The van der Waals surface area contributed by atoms with Crippen molar-refractivity contribution in [1.82, 2.24) is 0 Å². The smallest absolute Gasteiger partial charge is 0.0726 e. The minimum Gasteiger partial charge on any atom is -0.310 e. The third kappa shape index (κ3) is 4.39. The second-order valence-corrected chi connectivity index (χ2v) is 20.9. The third-order valence-corrected chi connectivity index (χ3v) is 17.8. The van der Waals surface area contributed by atoms with Crippen LogP contribution in [0.15, 0.2) is 140 Å². The molecule has 0 N–H and O–H groups in total. The van der Waals surface area contributed by atoms with E-state index < -0.39 is 0 Å². The molecule has 0 radical (unpaired) electrons. The molecule has 58 heavy (non-hydrogen) atoms. The molecule has 0 saturated heterocycles. The lowest BCUT2D eigenvalue weighted by atomic mass is 9.48. The normalized spacial score (nSPS) is 31.9. The lowest BCUT2D eigenvalue weighted by Gasteiger charge is -2.57. The van der Waals surface area contributed by atoms with Crippen LogP contribution in [0, 0.1) is 35.5 Å². The predicted molar refractivity (Wildman–Crippen MR) is 237 cm³/mol. The minimum atomic E-state index is -0.356. The molecule has 8 fully saturated rings. The molecule has 8 saturated carbocycles. The number of nitrogens with zero attached hydrogens (tertiary/aromatic N) is 1. The average Bonchev–Trinajstić information content (AvgIpc) is 3.71. The molecule has 10 aliphatic rings. The molecule has 0 atom stereocenters. The van der Waals surface area contributed by atoms with Gasteiger partial charge >= 0.3 is 0 Å². The van der Waals surface area contributed by atoms with Crippen molar-refractivity contribution < 1.29 is 0 Å². The van der Waals surface area contributed by atoms with Crippen LogP contribution in [0.1, 0.15) is 110 Å². The number of hydrogen-bond donors (Lipinski definition) is 0. The molecule has 6 aromatic rings. The highest BCUT2D eigenvalue weighted by Crippen LogP contribution is 2.65. The van der Waals surface area contributed by atoms with Crippen molar-refractivity contribution in [3.05, 3.63) is 173 Å². The SMILES string of the molecule is c1ccc2c(c1)-c1ccccc1C21c2ccccc2-c2ccc(N(c3ccc(C45CC6CC(CC(C6)C4)C5)cc3)c3ccc(C45CC6CC(CC(C6)C4)C5)cc3)cc21. The van der Waals surface area contributed by atoms with E-state index in [1.54, 1.807) is 11.1 Å². The first-order valence-electron chi connectivity index (χ1n) is 23.0. The Kier molecular flexibility index (Phi) is 6.63. The van der Waals surface area contributed by atoms with Gasteiger partial charge in [0.25, 0.3) is 0 Å². The molecule has 0 unspecified atom stereocenters. The third-order valence-electron chi connectivity index (χ3n) is 17.8. The van der Waals surface area contributed by atoms with E-state index in [1.165, 1.54) is 139 Å². The first-order valence-corrected chi connectivity index (χ1v) is 23.0. The van der Waals surface area contributed by atoms with Gasteiger partial charge in [-0.25, -0.2) is 0 Å². The fraction of sp³-hybridized carbons (Fsp3) is 0.368. The first-order chi connectivity index (χ1) is 28.6. The standard InChI is InChI=1S/C57H53N/c1-4-10-51-47(7-1)48-8-2-5-11-52(48)57(51)53-12-6-3-9-49(53)50-22-21-46(29-54(50)57)58(44-17-13-42(14-18-44)55-30-36-23-37(31-55)25-38(24-36)32-55)45-19-15-43(16-20-45)56-33-39-26-40(34-56)28-41(27-39)35-56/h1-22,29,36-41H,23-28,30-35H2. The summed E-state index contributed by atoms with van der Waals surface area (Å²) in [5.41, 5.74) is 18.5. The van der Waals surface area contributed by atoms with Gasteiger partial charge in [-0.3, -0.25) is 0 Å². The fourth-order valence-electron chi connectivity index (χ4n) is 16.5. The zero-order chi connectivity index (χ0) is 37.8. The molecule has 6 aromatic carbocycles. The fourth-order valence-corrected chi connectivity index (χ4v) is 16.5. The van der Waals surface area contributed by atoms with Crippen molar-refractivity contribution in [2.75, 3.05) is 4.90 Å². The Morgan fingerprint density at radius 2 is 0.655 bits per heavy atom. The zero-order valence-electron chi connectivity index (χ0n) is 33.7. The summed E-state index contributed by atoms with van der Waals surface area (Å²) in [6, 6.07) is 55.2. The molecular formula is C57H53N. The van der Waals surface area contributed by atoms with Gasteiger partial charge in [-0.1, -0.05) is 103 Å². The monoisotopic (exact) mass is 751 g/mol. The lowest BCUT2D eigenvalue weighted by molar-refractivity contribution is -0.00529. The quantitative estimate of drug-likeness (QED) is 0.169. The van der Waals surface area contributed by atoms with E-state index in [2.05, 4.69) is 144 Å². The summed E-state index contributed by atoms with van der Waals surface area (Å²) in [6.07, 6.45) is 17.4. The first kappa shape index (κ1) is 33.0. The van der Waals surface area contributed by atoms with E-state index in [4.69, 9.17) is 0 Å². The summed E-state index contributed by atoms with van der Waals surface area (Å²) in [4.78, 5) is 2.59. The van der Waals surface area contributed by atoms with Gasteiger partial charge in [0, 0.05) is 17.1 Å².